The molecule has 0 heterocycles. The summed E-state index contributed by atoms with van der Waals surface area (Å²) in [6.45, 7) is 2.00. The third kappa shape index (κ3) is 4.62. The second kappa shape index (κ2) is 6.94. The van der Waals surface area contributed by atoms with E-state index in [9.17, 15) is 4.39 Å². The maximum absolute atomic E-state index is 13.6. The smallest absolute Gasteiger partial charge is 0.126 e. The van der Waals surface area contributed by atoms with Gasteiger partial charge in [0.05, 0.1) is 6.10 Å². The van der Waals surface area contributed by atoms with Crippen molar-refractivity contribution in [2.24, 2.45) is 0 Å². The maximum atomic E-state index is 13.6. The Hall–Kier alpha value is -0.640. The summed E-state index contributed by atoms with van der Waals surface area (Å²) >= 11 is 5.86. The molecule has 0 bridgehead atoms. The number of hydrogen-bond acceptors (Lipinski definition) is 2. The van der Waals surface area contributed by atoms with Crippen molar-refractivity contribution in [1.29, 1.82) is 0 Å². The van der Waals surface area contributed by atoms with E-state index in [1.807, 2.05) is 14.0 Å². The van der Waals surface area contributed by atoms with Gasteiger partial charge in [0.2, 0.25) is 0 Å². The summed E-state index contributed by atoms with van der Waals surface area (Å²) in [4.78, 5) is 0. The van der Waals surface area contributed by atoms with Crippen molar-refractivity contribution in [2.45, 2.75) is 31.9 Å². The minimum atomic E-state index is -0.209. The summed E-state index contributed by atoms with van der Waals surface area (Å²) in [6.07, 6.45) is 1.59. The molecule has 17 heavy (non-hydrogen) atoms. The van der Waals surface area contributed by atoms with Crippen LogP contribution in [0.4, 0.5) is 4.39 Å². The van der Waals surface area contributed by atoms with Gasteiger partial charge >= 0.3 is 0 Å². The van der Waals surface area contributed by atoms with Crippen LogP contribution in [0.15, 0.2) is 18.2 Å². The average molecular weight is 260 g/mol. The molecule has 0 spiro atoms. The van der Waals surface area contributed by atoms with Gasteiger partial charge in [-0.3, -0.25) is 0 Å². The molecule has 1 aromatic rings. The van der Waals surface area contributed by atoms with Crippen LogP contribution in [0.25, 0.3) is 0 Å². The van der Waals surface area contributed by atoms with Gasteiger partial charge in [0.1, 0.15) is 5.82 Å². The van der Waals surface area contributed by atoms with Gasteiger partial charge in [-0.15, -0.1) is 0 Å². The summed E-state index contributed by atoms with van der Waals surface area (Å²) in [5.41, 5.74) is 0.639. The fraction of sp³-hybridized carbons (Fsp3) is 0.538. The molecule has 0 aliphatic carbocycles. The Morgan fingerprint density at radius 3 is 2.76 bits per heavy atom. The van der Waals surface area contributed by atoms with E-state index < -0.39 is 0 Å². The number of rotatable bonds is 6. The average Bonchev–Trinajstić information content (AvgIpc) is 2.32. The Labute approximate surface area is 107 Å². The Balaban J connectivity index is 2.69. The first-order valence-corrected chi connectivity index (χ1v) is 6.08. The minimum absolute atomic E-state index is 0.148. The highest BCUT2D eigenvalue weighted by Gasteiger charge is 2.14. The van der Waals surface area contributed by atoms with Gasteiger partial charge in [0.25, 0.3) is 0 Å². The van der Waals surface area contributed by atoms with Crippen LogP contribution in [-0.2, 0) is 11.2 Å². The molecule has 0 saturated heterocycles. The fourth-order valence-electron chi connectivity index (χ4n) is 1.77. The molecule has 0 aromatic heterocycles. The van der Waals surface area contributed by atoms with E-state index >= 15 is 0 Å². The zero-order valence-corrected chi connectivity index (χ0v) is 11.2. The summed E-state index contributed by atoms with van der Waals surface area (Å²) in [6, 6.07) is 4.83. The van der Waals surface area contributed by atoms with Crippen LogP contribution in [0.5, 0.6) is 0 Å². The molecule has 2 nitrogen and oxygen atoms in total. The number of benzene rings is 1. The molecular weight excluding hydrogens is 241 g/mol. The lowest BCUT2D eigenvalue weighted by Crippen LogP contribution is -2.31. The van der Waals surface area contributed by atoms with Crippen LogP contribution < -0.4 is 5.32 Å². The van der Waals surface area contributed by atoms with E-state index in [0.29, 0.717) is 17.0 Å². The van der Waals surface area contributed by atoms with Crippen LogP contribution >= 0.6 is 11.6 Å². The number of methoxy groups -OCH3 is 1. The number of nitrogens with one attached hydrogen (secondary N) is 1. The predicted octanol–water partition coefficient (Wildman–Crippen LogP) is 3.03. The molecule has 1 rings (SSSR count). The van der Waals surface area contributed by atoms with E-state index in [1.54, 1.807) is 19.2 Å². The molecule has 0 aliphatic rings. The van der Waals surface area contributed by atoms with E-state index in [4.69, 9.17) is 16.3 Å². The van der Waals surface area contributed by atoms with Gasteiger partial charge in [0, 0.05) is 18.2 Å². The number of ether oxygens (including phenoxy) is 1. The van der Waals surface area contributed by atoms with Crippen LogP contribution in [0.3, 0.4) is 0 Å². The lowest BCUT2D eigenvalue weighted by atomic mass is 10.0. The zero-order valence-electron chi connectivity index (χ0n) is 10.5. The summed E-state index contributed by atoms with van der Waals surface area (Å²) in [7, 11) is 3.55. The molecule has 1 N–H and O–H groups in total. The number of halogens is 2. The van der Waals surface area contributed by atoms with Crippen molar-refractivity contribution < 1.29 is 9.13 Å². The van der Waals surface area contributed by atoms with Crippen molar-refractivity contribution in [2.75, 3.05) is 14.2 Å². The summed E-state index contributed by atoms with van der Waals surface area (Å²) in [5, 5.41) is 3.74. The van der Waals surface area contributed by atoms with Crippen LogP contribution in [0.1, 0.15) is 18.9 Å². The summed E-state index contributed by atoms with van der Waals surface area (Å²) in [5.74, 6) is -0.209. The SMILES string of the molecule is CNC(Cc1cc(Cl)ccc1F)CC(C)OC. The van der Waals surface area contributed by atoms with Crippen LogP contribution in [0, 0.1) is 5.82 Å². The Kier molecular flexibility index (Phi) is 5.89. The van der Waals surface area contributed by atoms with E-state index in [2.05, 4.69) is 5.32 Å². The lowest BCUT2D eigenvalue weighted by Gasteiger charge is -2.20. The van der Waals surface area contributed by atoms with E-state index in [0.717, 1.165) is 6.42 Å². The van der Waals surface area contributed by atoms with Gasteiger partial charge < -0.3 is 10.1 Å². The van der Waals surface area contributed by atoms with Crippen molar-refractivity contribution in [3.05, 3.63) is 34.6 Å². The molecule has 1 aromatic carbocycles. The van der Waals surface area contributed by atoms with Crippen LogP contribution in [0.2, 0.25) is 5.02 Å². The summed E-state index contributed by atoms with van der Waals surface area (Å²) < 4.78 is 18.8. The molecule has 2 atom stereocenters. The minimum Gasteiger partial charge on any atom is -0.382 e. The van der Waals surface area contributed by atoms with Gasteiger partial charge in [0.15, 0.2) is 0 Å². The molecule has 0 radical (unpaired) electrons. The molecule has 4 heteroatoms. The van der Waals surface area contributed by atoms with Crippen molar-refractivity contribution >= 4 is 11.6 Å². The molecule has 0 amide bonds. The fourth-order valence-corrected chi connectivity index (χ4v) is 1.96. The molecule has 0 fully saturated rings. The first-order chi connectivity index (χ1) is 8.06. The van der Waals surface area contributed by atoms with Crippen molar-refractivity contribution in [1.82, 2.24) is 5.32 Å². The third-order valence-electron chi connectivity index (χ3n) is 2.90. The second-order valence-corrected chi connectivity index (χ2v) is 4.64. The van der Waals surface area contributed by atoms with Crippen molar-refractivity contribution in [3.8, 4) is 0 Å². The molecule has 96 valence electrons. The monoisotopic (exact) mass is 259 g/mol. The van der Waals surface area contributed by atoms with Gasteiger partial charge in [-0.2, -0.15) is 0 Å². The van der Waals surface area contributed by atoms with Gasteiger partial charge in [-0.1, -0.05) is 11.6 Å². The van der Waals surface area contributed by atoms with Gasteiger partial charge in [-0.25, -0.2) is 4.39 Å². The third-order valence-corrected chi connectivity index (χ3v) is 3.14. The quantitative estimate of drug-likeness (QED) is 0.848. The van der Waals surface area contributed by atoms with Gasteiger partial charge in [-0.05, 0) is 50.6 Å². The predicted molar refractivity (Wildman–Crippen MR) is 69.0 cm³/mol. The highest BCUT2D eigenvalue weighted by atomic mass is 35.5. The largest absolute Gasteiger partial charge is 0.382 e. The maximum Gasteiger partial charge on any atom is 0.126 e. The molecule has 2 unspecified atom stereocenters. The highest BCUT2D eigenvalue weighted by molar-refractivity contribution is 6.30. The van der Waals surface area contributed by atoms with Crippen molar-refractivity contribution in [3.63, 3.8) is 0 Å². The van der Waals surface area contributed by atoms with Crippen LogP contribution in [-0.4, -0.2) is 26.3 Å². The number of likely N-dealkylation sites (N-methyl/N-ethyl adjacent to an activating group) is 1. The molecule has 0 saturated carbocycles. The molecule has 0 aliphatic heterocycles. The normalized spacial score (nSPS) is 14.6. The van der Waals surface area contributed by atoms with E-state index in [-0.39, 0.29) is 18.0 Å². The molecular formula is C13H19ClFNO. The Morgan fingerprint density at radius 2 is 2.18 bits per heavy atom. The Morgan fingerprint density at radius 1 is 1.47 bits per heavy atom. The lowest BCUT2D eigenvalue weighted by molar-refractivity contribution is 0.101. The number of hydrogen-bond donors (Lipinski definition) is 1. The second-order valence-electron chi connectivity index (χ2n) is 4.21. The topological polar surface area (TPSA) is 21.3 Å². The standard InChI is InChI=1S/C13H19ClFNO/c1-9(17-3)6-12(16-2)8-10-7-11(14)4-5-13(10)15/h4-5,7,9,12,16H,6,8H2,1-3H3. The highest BCUT2D eigenvalue weighted by Crippen LogP contribution is 2.17. The van der Waals surface area contributed by atoms with E-state index in [1.165, 1.54) is 6.07 Å². The zero-order chi connectivity index (χ0) is 12.8. The Bertz CT molecular complexity index is 359. The first-order valence-electron chi connectivity index (χ1n) is 5.70. The first kappa shape index (κ1) is 14.4.